The van der Waals surface area contributed by atoms with Crippen molar-refractivity contribution in [2.45, 2.75) is 12.8 Å². The first-order valence-electron chi connectivity index (χ1n) is 7.39. The quantitative estimate of drug-likeness (QED) is 0.466. The molecule has 0 spiro atoms. The van der Waals surface area contributed by atoms with Crippen molar-refractivity contribution in [2.75, 3.05) is 27.4 Å². The van der Waals surface area contributed by atoms with Crippen LogP contribution in [-0.4, -0.2) is 45.2 Å². The summed E-state index contributed by atoms with van der Waals surface area (Å²) in [6.45, 7) is 0.364. The van der Waals surface area contributed by atoms with E-state index in [-0.39, 0.29) is 31.8 Å². The Morgan fingerprint density at radius 3 is 2.30 bits per heavy atom. The first kappa shape index (κ1) is 17.1. The number of benzene rings is 1. The van der Waals surface area contributed by atoms with Gasteiger partial charge in [-0.15, -0.1) is 0 Å². The zero-order chi connectivity index (χ0) is 16.9. The number of ketones is 1. The molecule has 0 N–H and O–H groups in total. The number of carbonyl (C=O) groups excluding carboxylic acids is 3. The monoisotopic (exact) mass is 320 g/mol. The number of rotatable bonds is 5. The van der Waals surface area contributed by atoms with Gasteiger partial charge in [-0.25, -0.2) is 0 Å². The SMILES string of the molecule is COC(=O)C1(C(=O)OC)CCOC[C@H]1CC(=O)c1ccccc1. The van der Waals surface area contributed by atoms with Crippen LogP contribution in [-0.2, 0) is 23.8 Å². The molecule has 1 aromatic rings. The van der Waals surface area contributed by atoms with Gasteiger partial charge >= 0.3 is 11.9 Å². The Morgan fingerprint density at radius 2 is 1.74 bits per heavy atom. The van der Waals surface area contributed by atoms with Gasteiger partial charge in [0.2, 0.25) is 0 Å². The van der Waals surface area contributed by atoms with Gasteiger partial charge in [-0.1, -0.05) is 30.3 Å². The Balaban J connectivity index is 2.30. The minimum absolute atomic E-state index is 0.00815. The van der Waals surface area contributed by atoms with Crippen molar-refractivity contribution in [3.8, 4) is 0 Å². The van der Waals surface area contributed by atoms with Crippen molar-refractivity contribution in [3.63, 3.8) is 0 Å². The summed E-state index contributed by atoms with van der Waals surface area (Å²) < 4.78 is 15.0. The topological polar surface area (TPSA) is 78.9 Å². The number of methoxy groups -OCH3 is 2. The Morgan fingerprint density at radius 1 is 1.13 bits per heavy atom. The lowest BCUT2D eigenvalue weighted by Crippen LogP contribution is -2.52. The van der Waals surface area contributed by atoms with Crippen molar-refractivity contribution >= 4 is 17.7 Å². The first-order chi connectivity index (χ1) is 11.1. The molecule has 1 aliphatic rings. The van der Waals surface area contributed by atoms with Crippen LogP contribution in [0, 0.1) is 11.3 Å². The predicted octanol–water partition coefficient (Wildman–Crippen LogP) is 1.63. The third-order valence-electron chi connectivity index (χ3n) is 4.28. The summed E-state index contributed by atoms with van der Waals surface area (Å²) in [5.74, 6) is -2.14. The summed E-state index contributed by atoms with van der Waals surface area (Å²) in [5.41, 5.74) is -0.965. The summed E-state index contributed by atoms with van der Waals surface area (Å²) >= 11 is 0. The molecule has 1 fully saturated rings. The summed E-state index contributed by atoms with van der Waals surface area (Å²) in [7, 11) is 2.44. The average Bonchev–Trinajstić information content (AvgIpc) is 2.61. The van der Waals surface area contributed by atoms with Gasteiger partial charge in [-0.05, 0) is 6.42 Å². The van der Waals surface area contributed by atoms with E-state index in [0.29, 0.717) is 5.56 Å². The number of esters is 2. The van der Waals surface area contributed by atoms with Crippen LogP contribution in [0.15, 0.2) is 30.3 Å². The van der Waals surface area contributed by atoms with Gasteiger partial charge in [-0.2, -0.15) is 0 Å². The van der Waals surface area contributed by atoms with E-state index in [4.69, 9.17) is 14.2 Å². The highest BCUT2D eigenvalue weighted by molar-refractivity contribution is 6.02. The van der Waals surface area contributed by atoms with Crippen LogP contribution in [0.2, 0.25) is 0 Å². The van der Waals surface area contributed by atoms with Crippen LogP contribution in [0.25, 0.3) is 0 Å². The molecule has 0 saturated carbocycles. The van der Waals surface area contributed by atoms with Gasteiger partial charge in [0.05, 0.1) is 20.8 Å². The second-order valence-corrected chi connectivity index (χ2v) is 5.47. The second-order valence-electron chi connectivity index (χ2n) is 5.47. The maximum atomic E-state index is 12.5. The Kier molecular flexibility index (Phi) is 5.50. The van der Waals surface area contributed by atoms with Crippen molar-refractivity contribution in [2.24, 2.45) is 11.3 Å². The van der Waals surface area contributed by atoms with Gasteiger partial charge in [0, 0.05) is 24.5 Å². The van der Waals surface area contributed by atoms with Gasteiger partial charge in [-0.3, -0.25) is 14.4 Å². The van der Waals surface area contributed by atoms with E-state index >= 15 is 0 Å². The highest BCUT2D eigenvalue weighted by atomic mass is 16.5. The van der Waals surface area contributed by atoms with E-state index in [9.17, 15) is 14.4 Å². The summed E-state index contributed by atoms with van der Waals surface area (Å²) in [6, 6.07) is 8.73. The molecule has 0 aliphatic carbocycles. The molecule has 1 aliphatic heterocycles. The predicted molar refractivity (Wildman–Crippen MR) is 80.8 cm³/mol. The molecule has 124 valence electrons. The van der Waals surface area contributed by atoms with Crippen molar-refractivity contribution < 1.29 is 28.6 Å². The summed E-state index contributed by atoms with van der Waals surface area (Å²) in [5, 5.41) is 0. The molecule has 0 amide bonds. The largest absolute Gasteiger partial charge is 0.468 e. The average molecular weight is 320 g/mol. The van der Waals surface area contributed by atoms with E-state index in [1.807, 2.05) is 6.07 Å². The van der Waals surface area contributed by atoms with Crippen LogP contribution in [0.4, 0.5) is 0 Å². The zero-order valence-electron chi connectivity index (χ0n) is 13.2. The zero-order valence-corrected chi connectivity index (χ0v) is 13.2. The van der Waals surface area contributed by atoms with Gasteiger partial charge in [0.25, 0.3) is 0 Å². The van der Waals surface area contributed by atoms with E-state index < -0.39 is 23.3 Å². The molecule has 6 nitrogen and oxygen atoms in total. The third kappa shape index (κ3) is 3.27. The van der Waals surface area contributed by atoms with Crippen LogP contribution in [0.3, 0.4) is 0 Å². The number of carbonyl (C=O) groups is 3. The molecule has 1 atom stereocenters. The minimum atomic E-state index is -1.49. The highest BCUT2D eigenvalue weighted by Gasteiger charge is 2.56. The highest BCUT2D eigenvalue weighted by Crippen LogP contribution is 2.40. The van der Waals surface area contributed by atoms with Gasteiger partial charge < -0.3 is 14.2 Å². The smallest absolute Gasteiger partial charge is 0.323 e. The third-order valence-corrected chi connectivity index (χ3v) is 4.28. The number of hydrogen-bond donors (Lipinski definition) is 0. The fourth-order valence-electron chi connectivity index (χ4n) is 2.99. The van der Waals surface area contributed by atoms with Gasteiger partial charge in [0.15, 0.2) is 11.2 Å². The molecule has 1 aromatic carbocycles. The summed E-state index contributed by atoms with van der Waals surface area (Å²) in [4.78, 5) is 37.1. The number of ether oxygens (including phenoxy) is 3. The maximum Gasteiger partial charge on any atom is 0.323 e. The van der Waals surface area contributed by atoms with Gasteiger partial charge in [0.1, 0.15) is 0 Å². The molecule has 23 heavy (non-hydrogen) atoms. The Bertz CT molecular complexity index is 564. The van der Waals surface area contributed by atoms with Crippen LogP contribution >= 0.6 is 0 Å². The standard InChI is InChI=1S/C17H20O6/c1-21-15(19)17(16(20)22-2)8-9-23-11-13(17)10-14(18)12-6-4-3-5-7-12/h3-7,13H,8-11H2,1-2H3/t13-/m1/s1. The van der Waals surface area contributed by atoms with Crippen LogP contribution in [0.1, 0.15) is 23.2 Å². The molecule has 6 heteroatoms. The maximum absolute atomic E-state index is 12.5. The molecule has 0 unspecified atom stereocenters. The van der Waals surface area contributed by atoms with Crippen molar-refractivity contribution in [3.05, 3.63) is 35.9 Å². The van der Waals surface area contributed by atoms with Crippen molar-refractivity contribution in [1.82, 2.24) is 0 Å². The Labute approximate surface area is 134 Å². The molecular weight excluding hydrogens is 300 g/mol. The molecule has 0 bridgehead atoms. The lowest BCUT2D eigenvalue weighted by molar-refractivity contribution is -0.183. The molecule has 0 aromatic heterocycles. The number of hydrogen-bond acceptors (Lipinski definition) is 6. The lowest BCUT2D eigenvalue weighted by atomic mass is 9.69. The van der Waals surface area contributed by atoms with E-state index in [1.165, 1.54) is 14.2 Å². The molecule has 0 radical (unpaired) electrons. The molecular formula is C17H20O6. The molecule has 2 rings (SSSR count). The van der Waals surface area contributed by atoms with Crippen LogP contribution in [0.5, 0.6) is 0 Å². The molecule has 1 saturated heterocycles. The lowest BCUT2D eigenvalue weighted by Gasteiger charge is -2.38. The first-order valence-corrected chi connectivity index (χ1v) is 7.39. The van der Waals surface area contributed by atoms with Crippen LogP contribution < -0.4 is 0 Å². The minimum Gasteiger partial charge on any atom is -0.468 e. The Hall–Kier alpha value is -2.21. The van der Waals surface area contributed by atoms with E-state index in [1.54, 1.807) is 24.3 Å². The second kappa shape index (κ2) is 7.37. The number of Topliss-reactive ketones (excluding diaryl/α,β-unsaturated/α-hetero) is 1. The van der Waals surface area contributed by atoms with E-state index in [0.717, 1.165) is 0 Å². The van der Waals surface area contributed by atoms with E-state index in [2.05, 4.69) is 0 Å². The normalized spacial score (nSPS) is 19.7. The van der Waals surface area contributed by atoms with Crippen molar-refractivity contribution in [1.29, 1.82) is 0 Å². The summed E-state index contributed by atoms with van der Waals surface area (Å²) in [6.07, 6.45) is 0.146. The fraction of sp³-hybridized carbons (Fsp3) is 0.471. The fourth-order valence-corrected chi connectivity index (χ4v) is 2.99. The molecule has 1 heterocycles.